The number of nitrogens with zero attached hydrogens (tertiary/aromatic N) is 1. The van der Waals surface area contributed by atoms with Gasteiger partial charge in [-0.2, -0.15) is 0 Å². The van der Waals surface area contributed by atoms with Crippen molar-refractivity contribution in [1.29, 1.82) is 0 Å². The molecule has 1 unspecified atom stereocenters. The van der Waals surface area contributed by atoms with Crippen molar-refractivity contribution in [2.24, 2.45) is 5.73 Å². The second kappa shape index (κ2) is 7.75. The van der Waals surface area contributed by atoms with E-state index in [1.165, 1.54) is 31.5 Å². The van der Waals surface area contributed by atoms with E-state index in [-0.39, 0.29) is 5.91 Å². The summed E-state index contributed by atoms with van der Waals surface area (Å²) in [5.74, 6) is -0.106. The van der Waals surface area contributed by atoms with E-state index in [9.17, 15) is 4.79 Å². The lowest BCUT2D eigenvalue weighted by molar-refractivity contribution is -0.120. The molecule has 0 bridgehead atoms. The summed E-state index contributed by atoms with van der Waals surface area (Å²) in [5.41, 5.74) is 7.38. The molecular formula is C18H29N3O. The number of nitrogens with two attached hydrogens (primary N) is 1. The molecule has 1 fully saturated rings. The molecule has 1 aromatic rings. The molecule has 0 aromatic heterocycles. The minimum Gasteiger partial charge on any atom is -0.324 e. The fourth-order valence-corrected chi connectivity index (χ4v) is 3.00. The normalized spacial score (nSPS) is 18.1. The fourth-order valence-electron chi connectivity index (χ4n) is 3.00. The maximum Gasteiger partial charge on any atom is 0.244 e. The Bertz CT molecular complexity index is 493. The highest BCUT2D eigenvalue weighted by atomic mass is 16.2. The van der Waals surface area contributed by atoms with Gasteiger partial charge in [-0.05, 0) is 63.4 Å². The van der Waals surface area contributed by atoms with Gasteiger partial charge in [0.1, 0.15) is 0 Å². The van der Waals surface area contributed by atoms with E-state index < -0.39 is 5.54 Å². The van der Waals surface area contributed by atoms with Crippen LogP contribution in [0.1, 0.15) is 45.1 Å². The predicted molar refractivity (Wildman–Crippen MR) is 92.0 cm³/mol. The first kappa shape index (κ1) is 17.0. The van der Waals surface area contributed by atoms with Gasteiger partial charge in [-0.1, -0.05) is 25.5 Å². The minimum absolute atomic E-state index is 0.106. The molecule has 0 aliphatic carbocycles. The third-order valence-corrected chi connectivity index (χ3v) is 4.39. The number of rotatable bonds is 7. The molecule has 1 aromatic carbocycles. The Balaban J connectivity index is 1.91. The van der Waals surface area contributed by atoms with Gasteiger partial charge in [0.2, 0.25) is 5.91 Å². The van der Waals surface area contributed by atoms with Crippen LogP contribution in [0.15, 0.2) is 24.3 Å². The van der Waals surface area contributed by atoms with E-state index in [0.29, 0.717) is 6.42 Å². The van der Waals surface area contributed by atoms with E-state index in [2.05, 4.69) is 22.3 Å². The van der Waals surface area contributed by atoms with E-state index in [0.717, 1.165) is 25.1 Å². The quantitative estimate of drug-likeness (QED) is 0.814. The highest BCUT2D eigenvalue weighted by Gasteiger charge is 2.27. The molecule has 4 heteroatoms. The summed E-state index contributed by atoms with van der Waals surface area (Å²) in [5, 5.41) is 2.96. The average Bonchev–Trinajstić information content (AvgIpc) is 2.99. The second-order valence-corrected chi connectivity index (χ2v) is 6.62. The van der Waals surface area contributed by atoms with Gasteiger partial charge >= 0.3 is 0 Å². The third-order valence-electron chi connectivity index (χ3n) is 4.39. The highest BCUT2D eigenvalue weighted by Crippen LogP contribution is 2.16. The van der Waals surface area contributed by atoms with Gasteiger partial charge in [0.15, 0.2) is 0 Å². The molecule has 1 amide bonds. The maximum atomic E-state index is 12.3. The maximum absolute atomic E-state index is 12.3. The van der Waals surface area contributed by atoms with Gasteiger partial charge in [0, 0.05) is 12.2 Å². The number of nitrogens with one attached hydrogen (secondary N) is 1. The largest absolute Gasteiger partial charge is 0.324 e. The van der Waals surface area contributed by atoms with Crippen LogP contribution in [0.5, 0.6) is 0 Å². The molecule has 1 heterocycles. The van der Waals surface area contributed by atoms with Crippen molar-refractivity contribution in [3.63, 3.8) is 0 Å². The zero-order valence-corrected chi connectivity index (χ0v) is 13.9. The van der Waals surface area contributed by atoms with Crippen molar-refractivity contribution in [1.82, 2.24) is 4.90 Å². The van der Waals surface area contributed by atoms with Crippen LogP contribution in [-0.2, 0) is 11.2 Å². The number of anilines is 1. The minimum atomic E-state index is -0.805. The zero-order chi connectivity index (χ0) is 16.0. The van der Waals surface area contributed by atoms with Crippen molar-refractivity contribution >= 4 is 11.6 Å². The standard InChI is InChI=1S/C18H29N3O/c1-3-10-18(2,19)17(22)20-16-8-6-7-15(14-16)9-13-21-11-4-5-12-21/h6-8,14H,3-5,9-13,19H2,1-2H3,(H,20,22). The third kappa shape index (κ3) is 4.82. The Kier molecular flexibility index (Phi) is 5.98. The Labute approximate surface area is 134 Å². The number of benzene rings is 1. The van der Waals surface area contributed by atoms with Crippen LogP contribution in [0.4, 0.5) is 5.69 Å². The molecule has 4 nitrogen and oxygen atoms in total. The van der Waals surface area contributed by atoms with Gasteiger partial charge in [0.05, 0.1) is 5.54 Å². The number of carbonyl (C=O) groups is 1. The lowest BCUT2D eigenvalue weighted by atomic mass is 9.96. The van der Waals surface area contributed by atoms with Crippen LogP contribution in [0, 0.1) is 0 Å². The monoisotopic (exact) mass is 303 g/mol. The van der Waals surface area contributed by atoms with E-state index in [1.807, 2.05) is 19.1 Å². The van der Waals surface area contributed by atoms with E-state index >= 15 is 0 Å². The predicted octanol–water partition coefficient (Wildman–Crippen LogP) is 2.78. The fraction of sp³-hybridized carbons (Fsp3) is 0.611. The van der Waals surface area contributed by atoms with Gasteiger partial charge < -0.3 is 16.0 Å². The smallest absolute Gasteiger partial charge is 0.244 e. The number of hydrogen-bond donors (Lipinski definition) is 2. The Morgan fingerprint density at radius 1 is 1.36 bits per heavy atom. The molecule has 3 N–H and O–H groups in total. The highest BCUT2D eigenvalue weighted by molar-refractivity contribution is 5.97. The Morgan fingerprint density at radius 3 is 2.77 bits per heavy atom. The molecule has 0 saturated carbocycles. The first-order valence-corrected chi connectivity index (χ1v) is 8.43. The summed E-state index contributed by atoms with van der Waals surface area (Å²) in [6.07, 6.45) is 5.26. The van der Waals surface area contributed by atoms with Crippen LogP contribution in [0.25, 0.3) is 0 Å². The first-order chi connectivity index (χ1) is 10.5. The summed E-state index contributed by atoms with van der Waals surface area (Å²) in [4.78, 5) is 14.8. The summed E-state index contributed by atoms with van der Waals surface area (Å²) in [6, 6.07) is 8.12. The van der Waals surface area contributed by atoms with Gasteiger partial charge in [-0.15, -0.1) is 0 Å². The lowest BCUT2D eigenvalue weighted by Gasteiger charge is -2.23. The van der Waals surface area contributed by atoms with Crippen molar-refractivity contribution in [2.45, 2.75) is 51.5 Å². The molecule has 1 atom stereocenters. The topological polar surface area (TPSA) is 58.4 Å². The van der Waals surface area contributed by atoms with Crippen LogP contribution in [0.3, 0.4) is 0 Å². The summed E-state index contributed by atoms with van der Waals surface area (Å²) in [7, 11) is 0. The number of carbonyl (C=O) groups excluding carboxylic acids is 1. The van der Waals surface area contributed by atoms with Crippen molar-refractivity contribution < 1.29 is 4.79 Å². The number of amides is 1. The summed E-state index contributed by atoms with van der Waals surface area (Å²) >= 11 is 0. The van der Waals surface area contributed by atoms with Crippen molar-refractivity contribution in [3.05, 3.63) is 29.8 Å². The summed E-state index contributed by atoms with van der Waals surface area (Å²) < 4.78 is 0. The van der Waals surface area contributed by atoms with Crippen molar-refractivity contribution in [3.8, 4) is 0 Å². The van der Waals surface area contributed by atoms with Crippen LogP contribution < -0.4 is 11.1 Å². The molecule has 122 valence electrons. The number of hydrogen-bond acceptors (Lipinski definition) is 3. The molecule has 2 rings (SSSR count). The van der Waals surface area contributed by atoms with E-state index in [1.54, 1.807) is 6.92 Å². The van der Waals surface area contributed by atoms with Gasteiger partial charge in [-0.3, -0.25) is 4.79 Å². The Morgan fingerprint density at radius 2 is 2.09 bits per heavy atom. The molecule has 1 aliphatic rings. The zero-order valence-electron chi connectivity index (χ0n) is 13.9. The molecule has 22 heavy (non-hydrogen) atoms. The van der Waals surface area contributed by atoms with Gasteiger partial charge in [0.25, 0.3) is 0 Å². The Hall–Kier alpha value is -1.39. The van der Waals surface area contributed by atoms with Crippen LogP contribution in [-0.4, -0.2) is 36.0 Å². The number of likely N-dealkylation sites (tertiary alicyclic amines) is 1. The second-order valence-electron chi connectivity index (χ2n) is 6.62. The van der Waals surface area contributed by atoms with Crippen LogP contribution >= 0.6 is 0 Å². The molecule has 1 saturated heterocycles. The molecule has 1 aliphatic heterocycles. The SMILES string of the molecule is CCCC(C)(N)C(=O)Nc1cccc(CCN2CCCC2)c1. The van der Waals surface area contributed by atoms with E-state index in [4.69, 9.17) is 5.73 Å². The lowest BCUT2D eigenvalue weighted by Crippen LogP contribution is -2.48. The summed E-state index contributed by atoms with van der Waals surface area (Å²) in [6.45, 7) is 7.38. The average molecular weight is 303 g/mol. The molecule has 0 radical (unpaired) electrons. The molecule has 0 spiro atoms. The molecular weight excluding hydrogens is 274 g/mol. The van der Waals surface area contributed by atoms with Gasteiger partial charge in [-0.25, -0.2) is 0 Å². The first-order valence-electron chi connectivity index (χ1n) is 8.43. The van der Waals surface area contributed by atoms with Crippen molar-refractivity contribution in [2.75, 3.05) is 25.0 Å². The van der Waals surface area contributed by atoms with Crippen LogP contribution in [0.2, 0.25) is 0 Å².